The van der Waals surface area contributed by atoms with Crippen molar-refractivity contribution in [2.24, 2.45) is 5.92 Å². The fraction of sp³-hybridized carbons (Fsp3) is 0.455. The number of nitrogens with zero attached hydrogens (tertiary/aromatic N) is 6. The molecule has 3 aromatic rings. The number of amides is 1. The van der Waals surface area contributed by atoms with Crippen molar-refractivity contribution in [3.05, 3.63) is 42.6 Å². The highest BCUT2D eigenvalue weighted by Gasteiger charge is 2.51. The predicted molar refractivity (Wildman–Crippen MR) is 110 cm³/mol. The fourth-order valence-electron chi connectivity index (χ4n) is 5.02. The van der Waals surface area contributed by atoms with Crippen LogP contribution < -0.4 is 4.90 Å². The van der Waals surface area contributed by atoms with Crippen LogP contribution in [0.25, 0.3) is 16.8 Å². The number of hydrogen-bond donors (Lipinski definition) is 0. The van der Waals surface area contributed by atoms with Gasteiger partial charge in [-0.05, 0) is 38.3 Å². The SMILES string of the molecule is Cc1cnc(-c2cc3c(N4CC5CCC(C4)N5C(=O)[C@@H]4C[C@H]4F)ccnn3c2)cn1. The molecule has 2 saturated heterocycles. The molecule has 1 amide bonds. The third-order valence-corrected chi connectivity index (χ3v) is 6.67. The van der Waals surface area contributed by atoms with Gasteiger partial charge in [-0.15, -0.1) is 0 Å². The zero-order chi connectivity index (χ0) is 20.4. The molecule has 1 saturated carbocycles. The number of rotatable bonds is 3. The smallest absolute Gasteiger partial charge is 0.229 e. The van der Waals surface area contributed by atoms with E-state index in [9.17, 15) is 9.18 Å². The van der Waals surface area contributed by atoms with Gasteiger partial charge in [-0.1, -0.05) is 0 Å². The molecule has 2 bridgehead atoms. The Balaban J connectivity index is 1.30. The van der Waals surface area contributed by atoms with Crippen molar-refractivity contribution in [2.75, 3.05) is 18.0 Å². The summed E-state index contributed by atoms with van der Waals surface area (Å²) in [7, 11) is 0. The molecule has 0 spiro atoms. The van der Waals surface area contributed by atoms with E-state index in [-0.39, 0.29) is 18.0 Å². The van der Waals surface area contributed by atoms with Gasteiger partial charge in [0.05, 0.1) is 34.7 Å². The van der Waals surface area contributed by atoms with E-state index < -0.39 is 12.1 Å². The fourth-order valence-corrected chi connectivity index (χ4v) is 5.02. The van der Waals surface area contributed by atoms with Gasteiger partial charge in [-0.25, -0.2) is 8.91 Å². The lowest BCUT2D eigenvalue weighted by Gasteiger charge is -2.42. The standard InChI is InChI=1S/C22H23FN6O/c1-13-8-25-19(9-24-13)14-6-21-20(4-5-26-28(21)10-14)27-11-15-2-3-16(12-27)29(15)22(30)17-7-18(17)23/h4-6,8-10,15-18H,2-3,7,11-12H2,1H3/t15?,16?,17-,18-/m1/s1. The molecule has 0 aromatic carbocycles. The lowest BCUT2D eigenvalue weighted by molar-refractivity contribution is -0.136. The molecular weight excluding hydrogens is 383 g/mol. The summed E-state index contributed by atoms with van der Waals surface area (Å²) in [4.78, 5) is 25.9. The van der Waals surface area contributed by atoms with Crippen LogP contribution in [0.5, 0.6) is 0 Å². The van der Waals surface area contributed by atoms with Crippen LogP contribution in [-0.4, -0.2) is 61.7 Å². The zero-order valence-corrected chi connectivity index (χ0v) is 16.8. The minimum Gasteiger partial charge on any atom is -0.366 e. The van der Waals surface area contributed by atoms with E-state index in [2.05, 4.69) is 26.0 Å². The number of anilines is 1. The highest BCUT2D eigenvalue weighted by molar-refractivity contribution is 5.84. The van der Waals surface area contributed by atoms with Crippen LogP contribution >= 0.6 is 0 Å². The Labute approximate surface area is 173 Å². The van der Waals surface area contributed by atoms with E-state index in [1.54, 1.807) is 12.4 Å². The minimum atomic E-state index is -0.932. The number of alkyl halides is 1. The van der Waals surface area contributed by atoms with Gasteiger partial charge in [-0.2, -0.15) is 5.10 Å². The van der Waals surface area contributed by atoms with Gasteiger partial charge in [0.2, 0.25) is 5.91 Å². The van der Waals surface area contributed by atoms with Gasteiger partial charge in [0, 0.05) is 49.3 Å². The molecule has 3 aromatic heterocycles. The quantitative estimate of drug-likeness (QED) is 0.669. The summed E-state index contributed by atoms with van der Waals surface area (Å²) in [6.07, 6.45) is 8.78. The van der Waals surface area contributed by atoms with Crippen LogP contribution in [0.3, 0.4) is 0 Å². The van der Waals surface area contributed by atoms with Crippen molar-refractivity contribution in [3.63, 3.8) is 0 Å². The minimum absolute atomic E-state index is 0.0254. The van der Waals surface area contributed by atoms with Gasteiger partial charge < -0.3 is 9.80 Å². The van der Waals surface area contributed by atoms with Gasteiger partial charge in [0.1, 0.15) is 6.17 Å². The summed E-state index contributed by atoms with van der Waals surface area (Å²) in [5.74, 6) is -0.367. The van der Waals surface area contributed by atoms with E-state index in [0.29, 0.717) is 6.42 Å². The maximum Gasteiger partial charge on any atom is 0.229 e. The third-order valence-electron chi connectivity index (χ3n) is 6.67. The summed E-state index contributed by atoms with van der Waals surface area (Å²) in [6, 6.07) is 4.46. The average Bonchev–Trinajstić information content (AvgIpc) is 3.21. The van der Waals surface area contributed by atoms with Crippen LogP contribution in [-0.2, 0) is 4.79 Å². The maximum atomic E-state index is 13.5. The number of piperazine rings is 1. The van der Waals surface area contributed by atoms with E-state index >= 15 is 0 Å². The first kappa shape index (κ1) is 17.8. The van der Waals surface area contributed by atoms with Gasteiger partial charge in [0.15, 0.2) is 0 Å². The monoisotopic (exact) mass is 406 g/mol. The van der Waals surface area contributed by atoms with Gasteiger partial charge in [-0.3, -0.25) is 14.8 Å². The van der Waals surface area contributed by atoms with E-state index in [0.717, 1.165) is 54.1 Å². The Hall–Kier alpha value is -3.03. The summed E-state index contributed by atoms with van der Waals surface area (Å²) < 4.78 is 15.3. The van der Waals surface area contributed by atoms with E-state index in [1.807, 2.05) is 34.8 Å². The Morgan fingerprint density at radius 3 is 2.60 bits per heavy atom. The second-order valence-electron chi connectivity index (χ2n) is 8.71. The van der Waals surface area contributed by atoms with Gasteiger partial charge >= 0.3 is 0 Å². The molecule has 6 rings (SSSR count). The molecule has 2 unspecified atom stereocenters. The summed E-state index contributed by atoms with van der Waals surface area (Å²) >= 11 is 0. The Kier molecular flexibility index (Phi) is 3.85. The summed E-state index contributed by atoms with van der Waals surface area (Å²) in [5, 5.41) is 4.47. The molecule has 3 fully saturated rings. The molecule has 4 atom stereocenters. The van der Waals surface area contributed by atoms with Crippen molar-refractivity contribution in [2.45, 2.75) is 44.4 Å². The molecule has 8 heteroatoms. The molecule has 0 N–H and O–H groups in total. The van der Waals surface area contributed by atoms with Crippen LogP contribution in [0.15, 0.2) is 36.9 Å². The van der Waals surface area contributed by atoms with Crippen molar-refractivity contribution < 1.29 is 9.18 Å². The van der Waals surface area contributed by atoms with Crippen molar-refractivity contribution in [1.29, 1.82) is 0 Å². The Morgan fingerprint density at radius 1 is 1.17 bits per heavy atom. The molecular formula is C22H23FN6O. The maximum absolute atomic E-state index is 13.5. The number of carbonyl (C=O) groups is 1. The molecule has 30 heavy (non-hydrogen) atoms. The Morgan fingerprint density at radius 2 is 1.93 bits per heavy atom. The van der Waals surface area contributed by atoms with Crippen LogP contribution in [0.4, 0.5) is 10.1 Å². The van der Waals surface area contributed by atoms with Crippen molar-refractivity contribution in [3.8, 4) is 11.3 Å². The number of carbonyl (C=O) groups excluding carboxylic acids is 1. The molecule has 0 radical (unpaired) electrons. The van der Waals surface area contributed by atoms with Crippen molar-refractivity contribution in [1.82, 2.24) is 24.5 Å². The lowest BCUT2D eigenvalue weighted by atomic mass is 10.1. The number of aryl methyl sites for hydroxylation is 1. The predicted octanol–water partition coefficient (Wildman–Crippen LogP) is 2.64. The normalized spacial score (nSPS) is 27.7. The first-order chi connectivity index (χ1) is 14.6. The first-order valence-electron chi connectivity index (χ1n) is 10.6. The molecule has 154 valence electrons. The van der Waals surface area contributed by atoms with Crippen LogP contribution in [0.1, 0.15) is 25.0 Å². The second-order valence-corrected chi connectivity index (χ2v) is 8.71. The molecule has 7 nitrogen and oxygen atoms in total. The van der Waals surface area contributed by atoms with E-state index in [4.69, 9.17) is 0 Å². The summed E-state index contributed by atoms with van der Waals surface area (Å²) in [6.45, 7) is 3.47. The molecule has 5 heterocycles. The van der Waals surface area contributed by atoms with Gasteiger partial charge in [0.25, 0.3) is 0 Å². The largest absolute Gasteiger partial charge is 0.366 e. The number of aromatic nitrogens is 4. The summed E-state index contributed by atoms with van der Waals surface area (Å²) in [5.41, 5.74) is 4.80. The molecule has 1 aliphatic carbocycles. The van der Waals surface area contributed by atoms with Crippen LogP contribution in [0, 0.1) is 12.8 Å². The molecule has 3 aliphatic rings. The van der Waals surface area contributed by atoms with Crippen molar-refractivity contribution >= 4 is 17.1 Å². The highest BCUT2D eigenvalue weighted by atomic mass is 19.1. The second kappa shape index (κ2) is 6.48. The number of fused-ring (bicyclic) bond motifs is 3. The lowest BCUT2D eigenvalue weighted by Crippen LogP contribution is -2.56. The van der Waals surface area contributed by atoms with Crippen LogP contribution in [0.2, 0.25) is 0 Å². The third kappa shape index (κ3) is 2.77. The highest BCUT2D eigenvalue weighted by Crippen LogP contribution is 2.41. The number of hydrogen-bond acceptors (Lipinski definition) is 5. The average molecular weight is 406 g/mol. The Bertz CT molecular complexity index is 1110. The number of halogens is 1. The zero-order valence-electron chi connectivity index (χ0n) is 16.8. The topological polar surface area (TPSA) is 66.6 Å². The first-order valence-corrected chi connectivity index (χ1v) is 10.6. The molecule has 2 aliphatic heterocycles. The van der Waals surface area contributed by atoms with E-state index in [1.165, 1.54) is 0 Å².